The standard InChI is InChI=1S/C24H26N8O.H4N2/c1-24(2,3)32-19-8-6-13(15-11-29-23(27)30-12-15)10-18(19)31-21(32)17-9-14(20(25)26)5-7-16(17)22(33)28-4;1-2/h5-12H,1-4H3,(H3,25,26)(H,28,33)(H2,27,29,30);1-2H2. The summed E-state index contributed by atoms with van der Waals surface area (Å²) in [5.74, 6) is 8.51. The highest BCUT2D eigenvalue weighted by molar-refractivity contribution is 6.04. The molecule has 0 aliphatic carbocycles. The van der Waals surface area contributed by atoms with E-state index in [2.05, 4.69) is 52.3 Å². The van der Waals surface area contributed by atoms with Gasteiger partial charge in [-0.25, -0.2) is 15.0 Å². The van der Waals surface area contributed by atoms with Crippen molar-refractivity contribution in [2.45, 2.75) is 26.3 Å². The van der Waals surface area contributed by atoms with Crippen LogP contribution in [-0.4, -0.2) is 38.3 Å². The van der Waals surface area contributed by atoms with Crippen molar-refractivity contribution >= 4 is 28.7 Å². The van der Waals surface area contributed by atoms with Crippen LogP contribution in [0, 0.1) is 5.41 Å². The number of anilines is 1. The van der Waals surface area contributed by atoms with Crippen LogP contribution in [0.2, 0.25) is 0 Å². The van der Waals surface area contributed by atoms with Crippen LogP contribution in [-0.2, 0) is 5.54 Å². The maximum Gasteiger partial charge on any atom is 0.251 e. The molecule has 0 saturated carbocycles. The van der Waals surface area contributed by atoms with E-state index in [-0.39, 0.29) is 23.2 Å². The third-order valence-corrected chi connectivity index (χ3v) is 5.37. The molecule has 0 atom stereocenters. The largest absolute Gasteiger partial charge is 0.384 e. The Balaban J connectivity index is 0.00000167. The van der Waals surface area contributed by atoms with E-state index in [0.717, 1.165) is 22.2 Å². The Bertz CT molecular complexity index is 1380. The summed E-state index contributed by atoms with van der Waals surface area (Å²) in [6.07, 6.45) is 3.34. The zero-order chi connectivity index (χ0) is 25.9. The number of nitrogens with zero attached hydrogens (tertiary/aromatic N) is 4. The predicted molar refractivity (Wildman–Crippen MR) is 138 cm³/mol. The number of amides is 1. The number of hydrazine groups is 1. The number of carbonyl (C=O) groups excluding carboxylic acids is 1. The van der Waals surface area contributed by atoms with Gasteiger partial charge in [0.15, 0.2) is 0 Å². The first-order valence-corrected chi connectivity index (χ1v) is 10.7. The fourth-order valence-electron chi connectivity index (χ4n) is 3.84. The number of nitrogens with one attached hydrogen (secondary N) is 2. The molecule has 2 heterocycles. The fourth-order valence-corrected chi connectivity index (χ4v) is 3.84. The van der Waals surface area contributed by atoms with Gasteiger partial charge in [0.1, 0.15) is 11.7 Å². The predicted octanol–water partition coefficient (Wildman–Crippen LogP) is 1.96. The van der Waals surface area contributed by atoms with Crippen LogP contribution in [0.5, 0.6) is 0 Å². The number of carbonyl (C=O) groups is 1. The fraction of sp³-hybridized carbons (Fsp3) is 0.208. The normalized spacial score (nSPS) is 11.0. The van der Waals surface area contributed by atoms with Gasteiger partial charge in [-0.1, -0.05) is 12.1 Å². The summed E-state index contributed by atoms with van der Waals surface area (Å²) in [6.45, 7) is 6.23. The van der Waals surface area contributed by atoms with Crippen molar-refractivity contribution in [1.82, 2.24) is 24.8 Å². The zero-order valence-electron chi connectivity index (χ0n) is 20.1. The van der Waals surface area contributed by atoms with Crippen LogP contribution in [0.25, 0.3) is 33.5 Å². The third kappa shape index (κ3) is 4.95. The number of nitrogen functional groups attached to an aromatic ring is 2. The number of imidazole rings is 1. The van der Waals surface area contributed by atoms with E-state index in [1.165, 1.54) is 0 Å². The summed E-state index contributed by atoms with van der Waals surface area (Å²) < 4.78 is 2.09. The Morgan fingerprint density at radius 3 is 2.26 bits per heavy atom. The zero-order valence-corrected chi connectivity index (χ0v) is 20.1. The van der Waals surface area contributed by atoms with Crippen molar-refractivity contribution < 1.29 is 4.79 Å². The van der Waals surface area contributed by atoms with E-state index in [0.29, 0.717) is 22.5 Å². The number of aromatic nitrogens is 4. The van der Waals surface area contributed by atoms with Crippen LogP contribution in [0.1, 0.15) is 36.7 Å². The molecule has 4 rings (SSSR count). The Labute approximate surface area is 203 Å². The van der Waals surface area contributed by atoms with Gasteiger partial charge >= 0.3 is 0 Å². The molecule has 11 nitrogen and oxygen atoms in total. The minimum Gasteiger partial charge on any atom is -0.384 e. The maximum atomic E-state index is 12.7. The van der Waals surface area contributed by atoms with Gasteiger partial charge < -0.3 is 21.4 Å². The maximum absolute atomic E-state index is 12.7. The molecular formula is C24H30N10O. The molecule has 2 aromatic heterocycles. The molecule has 0 unspecified atom stereocenters. The van der Waals surface area contributed by atoms with Gasteiger partial charge in [0.2, 0.25) is 5.95 Å². The summed E-state index contributed by atoms with van der Waals surface area (Å²) >= 11 is 0. The quantitative estimate of drug-likeness (QED) is 0.111. The minimum atomic E-state index is -0.345. The van der Waals surface area contributed by atoms with Crippen LogP contribution in [0.4, 0.5) is 5.95 Å². The number of nitrogens with two attached hydrogens (primary N) is 4. The second-order valence-electron chi connectivity index (χ2n) is 8.73. The van der Waals surface area contributed by atoms with Gasteiger partial charge in [0.25, 0.3) is 5.91 Å². The van der Waals surface area contributed by atoms with E-state index in [1.54, 1.807) is 37.6 Å². The Morgan fingerprint density at radius 2 is 1.69 bits per heavy atom. The van der Waals surface area contributed by atoms with Gasteiger partial charge in [-0.05, 0) is 50.6 Å². The molecule has 0 aliphatic heterocycles. The molecule has 1 amide bonds. The van der Waals surface area contributed by atoms with E-state index in [1.807, 2.05) is 18.2 Å². The van der Waals surface area contributed by atoms with E-state index in [9.17, 15) is 4.79 Å². The summed E-state index contributed by atoms with van der Waals surface area (Å²) in [4.78, 5) is 25.8. The molecule has 4 aromatic rings. The molecule has 0 radical (unpaired) electrons. The number of benzene rings is 2. The molecule has 10 N–H and O–H groups in total. The summed E-state index contributed by atoms with van der Waals surface area (Å²) in [6, 6.07) is 11.0. The van der Waals surface area contributed by atoms with Crippen molar-refractivity contribution in [1.29, 1.82) is 5.41 Å². The lowest BCUT2D eigenvalue weighted by Gasteiger charge is -2.25. The van der Waals surface area contributed by atoms with Gasteiger partial charge in [-0.3, -0.25) is 21.9 Å². The van der Waals surface area contributed by atoms with E-state index < -0.39 is 0 Å². The van der Waals surface area contributed by atoms with Crippen molar-refractivity contribution in [2.24, 2.45) is 17.4 Å². The molecule has 35 heavy (non-hydrogen) atoms. The van der Waals surface area contributed by atoms with E-state index in [4.69, 9.17) is 21.9 Å². The lowest BCUT2D eigenvalue weighted by atomic mass is 10.00. The lowest BCUT2D eigenvalue weighted by Crippen LogP contribution is -2.24. The van der Waals surface area contributed by atoms with Crippen molar-refractivity contribution in [3.63, 3.8) is 0 Å². The molecule has 0 aliphatic rings. The molecular weight excluding hydrogens is 444 g/mol. The van der Waals surface area contributed by atoms with E-state index >= 15 is 0 Å². The van der Waals surface area contributed by atoms with Crippen LogP contribution < -0.4 is 28.5 Å². The first-order valence-electron chi connectivity index (χ1n) is 10.7. The molecule has 0 fully saturated rings. The third-order valence-electron chi connectivity index (χ3n) is 5.37. The summed E-state index contributed by atoms with van der Waals surface area (Å²) in [7, 11) is 1.58. The number of amidine groups is 1. The smallest absolute Gasteiger partial charge is 0.251 e. The highest BCUT2D eigenvalue weighted by Crippen LogP contribution is 2.35. The number of fused-ring (bicyclic) bond motifs is 1. The average Bonchev–Trinajstić information content (AvgIpc) is 3.24. The molecule has 11 heteroatoms. The Hall–Kier alpha value is -4.35. The average molecular weight is 475 g/mol. The first-order chi connectivity index (χ1) is 16.6. The van der Waals surface area contributed by atoms with Gasteiger partial charge in [0, 0.05) is 41.7 Å². The van der Waals surface area contributed by atoms with Crippen molar-refractivity contribution in [3.8, 4) is 22.5 Å². The summed E-state index contributed by atoms with van der Waals surface area (Å²) in [5.41, 5.74) is 16.0. The second-order valence-corrected chi connectivity index (χ2v) is 8.73. The number of hydrogen-bond donors (Lipinski definition) is 6. The number of hydrogen-bond acceptors (Lipinski definition) is 8. The van der Waals surface area contributed by atoms with Crippen molar-refractivity contribution in [3.05, 3.63) is 59.9 Å². The van der Waals surface area contributed by atoms with Crippen LogP contribution >= 0.6 is 0 Å². The van der Waals surface area contributed by atoms with Crippen LogP contribution in [0.3, 0.4) is 0 Å². The first kappa shape index (κ1) is 25.3. The summed E-state index contributed by atoms with van der Waals surface area (Å²) in [5, 5.41) is 10.6. The van der Waals surface area contributed by atoms with Gasteiger partial charge in [-0.2, -0.15) is 0 Å². The molecule has 0 spiro atoms. The van der Waals surface area contributed by atoms with Crippen LogP contribution in [0.15, 0.2) is 48.8 Å². The number of rotatable bonds is 4. The monoisotopic (exact) mass is 474 g/mol. The highest BCUT2D eigenvalue weighted by Gasteiger charge is 2.26. The highest BCUT2D eigenvalue weighted by atomic mass is 16.1. The SMILES string of the molecule is CNC(=O)c1ccc(C(=N)N)cc1-c1nc2cc(-c3cnc(N)nc3)ccc2n1C(C)(C)C.NN. The topological polar surface area (TPSA) is 201 Å². The molecule has 0 saturated heterocycles. The second kappa shape index (κ2) is 9.87. The van der Waals surface area contributed by atoms with Gasteiger partial charge in [0.05, 0.1) is 16.6 Å². The minimum absolute atomic E-state index is 0.0798. The molecule has 0 bridgehead atoms. The van der Waals surface area contributed by atoms with Crippen molar-refractivity contribution in [2.75, 3.05) is 12.8 Å². The van der Waals surface area contributed by atoms with Gasteiger partial charge in [-0.15, -0.1) is 0 Å². The Kier molecular flexibility index (Phi) is 7.13. The lowest BCUT2D eigenvalue weighted by molar-refractivity contribution is 0.0963. The molecule has 182 valence electrons. The Morgan fingerprint density at radius 1 is 1.03 bits per heavy atom. The molecule has 2 aromatic carbocycles.